The third kappa shape index (κ3) is 2.35. The van der Waals surface area contributed by atoms with Crippen molar-refractivity contribution in [2.75, 3.05) is 18.0 Å². The molecular weight excluding hydrogens is 281 g/mol. The number of halogens is 1. The van der Waals surface area contributed by atoms with E-state index in [1.54, 1.807) is 6.07 Å². The molecular formula is C18H16FNO2. The Morgan fingerprint density at radius 3 is 2.64 bits per heavy atom. The fourth-order valence-corrected chi connectivity index (χ4v) is 2.96. The molecule has 1 aliphatic heterocycles. The third-order valence-corrected chi connectivity index (χ3v) is 4.16. The van der Waals surface area contributed by atoms with Crippen LogP contribution in [0, 0.1) is 5.82 Å². The van der Waals surface area contributed by atoms with Gasteiger partial charge in [-0.15, -0.1) is 0 Å². The fraction of sp³-hybridized carbons (Fsp3) is 0.222. The predicted molar refractivity (Wildman–Crippen MR) is 84.4 cm³/mol. The molecule has 0 radical (unpaired) electrons. The fourth-order valence-electron chi connectivity index (χ4n) is 2.96. The summed E-state index contributed by atoms with van der Waals surface area (Å²) in [6.45, 7) is 1.56. The lowest BCUT2D eigenvalue weighted by Gasteiger charge is -2.17. The van der Waals surface area contributed by atoms with Gasteiger partial charge in [0.05, 0.1) is 6.10 Å². The second kappa shape index (κ2) is 5.14. The summed E-state index contributed by atoms with van der Waals surface area (Å²) in [5, 5.41) is 10.5. The van der Waals surface area contributed by atoms with Gasteiger partial charge in [-0.3, -0.25) is 0 Å². The summed E-state index contributed by atoms with van der Waals surface area (Å²) in [5.41, 5.74) is 2.62. The van der Waals surface area contributed by atoms with Crippen LogP contribution in [0.4, 0.5) is 10.1 Å². The lowest BCUT2D eigenvalue weighted by molar-refractivity contribution is 0.198. The quantitative estimate of drug-likeness (QED) is 0.781. The monoisotopic (exact) mass is 297 g/mol. The number of β-amino-alcohol motifs (C(OH)–C–C–N with tert-alkyl or cyclic N) is 1. The summed E-state index contributed by atoms with van der Waals surface area (Å²) in [4.78, 5) is 2.17. The molecule has 1 atom stereocenters. The van der Waals surface area contributed by atoms with Crippen LogP contribution in [0.1, 0.15) is 6.42 Å². The molecule has 0 aliphatic carbocycles. The van der Waals surface area contributed by atoms with Crippen molar-refractivity contribution in [3.63, 3.8) is 0 Å². The Bertz CT molecular complexity index is 810. The molecule has 0 bridgehead atoms. The van der Waals surface area contributed by atoms with E-state index >= 15 is 0 Å². The summed E-state index contributed by atoms with van der Waals surface area (Å²) in [6, 6.07) is 14.5. The molecule has 4 rings (SSSR count). The van der Waals surface area contributed by atoms with Gasteiger partial charge in [-0.1, -0.05) is 0 Å². The smallest absolute Gasteiger partial charge is 0.137 e. The molecule has 3 nitrogen and oxygen atoms in total. The number of rotatable bonds is 2. The molecule has 1 N–H and O–H groups in total. The zero-order chi connectivity index (χ0) is 15.1. The van der Waals surface area contributed by atoms with Crippen LogP contribution in [0.3, 0.4) is 0 Å². The van der Waals surface area contributed by atoms with Gasteiger partial charge in [0.15, 0.2) is 0 Å². The number of hydrogen-bond donors (Lipinski definition) is 1. The van der Waals surface area contributed by atoms with Gasteiger partial charge >= 0.3 is 0 Å². The Labute approximate surface area is 127 Å². The van der Waals surface area contributed by atoms with Crippen LogP contribution in [0.15, 0.2) is 52.9 Å². The SMILES string of the molecule is OC1CCN(c2ccc(-c3cc4ccc(F)cc4o3)cc2)C1. The minimum Gasteiger partial charge on any atom is -0.456 e. The van der Waals surface area contributed by atoms with E-state index in [-0.39, 0.29) is 11.9 Å². The molecule has 0 spiro atoms. The first-order valence-corrected chi connectivity index (χ1v) is 7.41. The van der Waals surface area contributed by atoms with E-state index in [2.05, 4.69) is 4.90 Å². The van der Waals surface area contributed by atoms with Gasteiger partial charge in [-0.2, -0.15) is 0 Å². The predicted octanol–water partition coefficient (Wildman–Crippen LogP) is 3.81. The Kier molecular flexibility index (Phi) is 3.12. The maximum absolute atomic E-state index is 13.2. The number of anilines is 1. The van der Waals surface area contributed by atoms with Crippen molar-refractivity contribution >= 4 is 16.7 Å². The molecule has 1 saturated heterocycles. The average molecular weight is 297 g/mol. The minimum atomic E-state index is -0.295. The Morgan fingerprint density at radius 2 is 1.91 bits per heavy atom. The number of furan rings is 1. The van der Waals surface area contributed by atoms with E-state index in [1.165, 1.54) is 12.1 Å². The van der Waals surface area contributed by atoms with Gasteiger partial charge in [0.1, 0.15) is 17.2 Å². The highest BCUT2D eigenvalue weighted by molar-refractivity contribution is 5.83. The number of hydrogen-bond acceptors (Lipinski definition) is 3. The van der Waals surface area contributed by atoms with E-state index in [0.717, 1.165) is 35.4 Å². The van der Waals surface area contributed by atoms with Gasteiger partial charge in [0.2, 0.25) is 0 Å². The summed E-state index contributed by atoms with van der Waals surface area (Å²) >= 11 is 0. The van der Waals surface area contributed by atoms with Crippen LogP contribution in [0.25, 0.3) is 22.3 Å². The molecule has 0 amide bonds. The molecule has 2 heterocycles. The molecule has 0 saturated carbocycles. The first-order valence-electron chi connectivity index (χ1n) is 7.41. The first-order chi connectivity index (χ1) is 10.7. The molecule has 4 heteroatoms. The Balaban J connectivity index is 1.64. The zero-order valence-electron chi connectivity index (χ0n) is 12.0. The summed E-state index contributed by atoms with van der Waals surface area (Å²) in [6.07, 6.45) is 0.585. The molecule has 1 aromatic heterocycles. The highest BCUT2D eigenvalue weighted by Crippen LogP contribution is 2.30. The van der Waals surface area contributed by atoms with E-state index in [4.69, 9.17) is 4.42 Å². The lowest BCUT2D eigenvalue weighted by Crippen LogP contribution is -2.20. The van der Waals surface area contributed by atoms with Crippen LogP contribution in [0.5, 0.6) is 0 Å². The van der Waals surface area contributed by atoms with Crippen molar-refractivity contribution in [3.05, 3.63) is 54.3 Å². The number of benzene rings is 2. The largest absolute Gasteiger partial charge is 0.456 e. The van der Waals surface area contributed by atoms with Gasteiger partial charge in [0, 0.05) is 35.8 Å². The molecule has 22 heavy (non-hydrogen) atoms. The topological polar surface area (TPSA) is 36.6 Å². The number of aliphatic hydroxyl groups excluding tert-OH is 1. The van der Waals surface area contributed by atoms with Gasteiger partial charge < -0.3 is 14.4 Å². The van der Waals surface area contributed by atoms with Crippen LogP contribution in [0.2, 0.25) is 0 Å². The molecule has 3 aromatic rings. The van der Waals surface area contributed by atoms with Crippen LogP contribution in [-0.2, 0) is 0 Å². The van der Waals surface area contributed by atoms with Crippen molar-refractivity contribution in [1.82, 2.24) is 0 Å². The second-order valence-corrected chi connectivity index (χ2v) is 5.73. The highest BCUT2D eigenvalue weighted by Gasteiger charge is 2.20. The van der Waals surface area contributed by atoms with Gasteiger partial charge in [-0.05, 0) is 48.9 Å². The van der Waals surface area contributed by atoms with Crippen molar-refractivity contribution in [2.45, 2.75) is 12.5 Å². The maximum atomic E-state index is 13.2. The Morgan fingerprint density at radius 1 is 1.09 bits per heavy atom. The maximum Gasteiger partial charge on any atom is 0.137 e. The Hall–Kier alpha value is -2.33. The first kappa shape index (κ1) is 13.3. The van der Waals surface area contributed by atoms with Gasteiger partial charge in [0.25, 0.3) is 0 Å². The number of nitrogens with zero attached hydrogens (tertiary/aromatic N) is 1. The van der Waals surface area contributed by atoms with Crippen molar-refractivity contribution in [2.24, 2.45) is 0 Å². The lowest BCUT2D eigenvalue weighted by atomic mass is 10.1. The van der Waals surface area contributed by atoms with E-state index < -0.39 is 0 Å². The normalized spacial score (nSPS) is 18.3. The summed E-state index contributed by atoms with van der Waals surface area (Å²) in [7, 11) is 0. The molecule has 2 aromatic carbocycles. The van der Waals surface area contributed by atoms with Crippen LogP contribution >= 0.6 is 0 Å². The zero-order valence-corrected chi connectivity index (χ0v) is 12.0. The van der Waals surface area contributed by atoms with E-state index in [0.29, 0.717) is 12.1 Å². The number of fused-ring (bicyclic) bond motifs is 1. The molecule has 112 valence electrons. The highest BCUT2D eigenvalue weighted by atomic mass is 19.1. The summed E-state index contributed by atoms with van der Waals surface area (Å²) < 4.78 is 18.9. The van der Waals surface area contributed by atoms with E-state index in [1.807, 2.05) is 30.3 Å². The third-order valence-electron chi connectivity index (χ3n) is 4.16. The van der Waals surface area contributed by atoms with Crippen LogP contribution < -0.4 is 4.90 Å². The summed E-state index contributed by atoms with van der Waals surface area (Å²) in [5.74, 6) is 0.435. The molecule has 1 aliphatic rings. The molecule has 1 fully saturated rings. The second-order valence-electron chi connectivity index (χ2n) is 5.73. The van der Waals surface area contributed by atoms with Crippen molar-refractivity contribution < 1.29 is 13.9 Å². The number of aliphatic hydroxyl groups is 1. The standard InChI is InChI=1S/C18H16FNO2/c19-14-4-1-13-9-17(22-18(13)10-14)12-2-5-15(6-3-12)20-8-7-16(21)11-20/h1-6,9-10,16,21H,7-8,11H2. The average Bonchev–Trinajstić information content (AvgIpc) is 3.13. The van der Waals surface area contributed by atoms with E-state index in [9.17, 15) is 9.50 Å². The van der Waals surface area contributed by atoms with Gasteiger partial charge in [-0.25, -0.2) is 4.39 Å². The molecule has 1 unspecified atom stereocenters. The minimum absolute atomic E-state index is 0.232. The van der Waals surface area contributed by atoms with Crippen LogP contribution in [-0.4, -0.2) is 24.3 Å². The van der Waals surface area contributed by atoms with Crippen molar-refractivity contribution in [1.29, 1.82) is 0 Å². The van der Waals surface area contributed by atoms with Crippen molar-refractivity contribution in [3.8, 4) is 11.3 Å².